The molecular weight excluding hydrogens is 360 g/mol. The van der Waals surface area contributed by atoms with Crippen molar-refractivity contribution in [2.24, 2.45) is 0 Å². The van der Waals surface area contributed by atoms with Crippen molar-refractivity contribution in [2.75, 3.05) is 13.2 Å². The molecule has 0 heterocycles. The van der Waals surface area contributed by atoms with Gasteiger partial charge in [-0.25, -0.2) is 4.79 Å². The summed E-state index contributed by atoms with van der Waals surface area (Å²) in [6.07, 6.45) is 0.860. The predicted molar refractivity (Wildman–Crippen MR) is 105 cm³/mol. The van der Waals surface area contributed by atoms with Crippen LogP contribution in [0, 0.1) is 0 Å². The van der Waals surface area contributed by atoms with Gasteiger partial charge in [-0.1, -0.05) is 24.3 Å². The third kappa shape index (κ3) is 10.1. The number of ether oxygens (including phenoxy) is 2. The highest BCUT2D eigenvalue weighted by atomic mass is 16.6. The van der Waals surface area contributed by atoms with Crippen LogP contribution in [0.5, 0.6) is 11.5 Å². The van der Waals surface area contributed by atoms with Crippen molar-refractivity contribution < 1.29 is 29.0 Å². The van der Waals surface area contributed by atoms with E-state index >= 15 is 0 Å². The zero-order valence-electron chi connectivity index (χ0n) is 16.4. The number of rotatable bonds is 8. The lowest BCUT2D eigenvalue weighted by Gasteiger charge is -2.06. The van der Waals surface area contributed by atoms with E-state index in [-0.39, 0.29) is 29.9 Å². The van der Waals surface area contributed by atoms with Crippen molar-refractivity contribution in [1.29, 1.82) is 0 Å². The van der Waals surface area contributed by atoms with Crippen molar-refractivity contribution in [3.8, 4) is 11.5 Å². The molecule has 2 rings (SSSR count). The highest BCUT2D eigenvalue weighted by Crippen LogP contribution is 2.13. The molecule has 1 N–H and O–H groups in total. The maximum atomic E-state index is 11.0. The van der Waals surface area contributed by atoms with E-state index in [0.717, 1.165) is 11.1 Å². The van der Waals surface area contributed by atoms with Crippen molar-refractivity contribution in [3.63, 3.8) is 0 Å². The molecule has 2 aromatic rings. The molecule has 6 nitrogen and oxygen atoms in total. The Kier molecular flexibility index (Phi) is 10.0. The minimum absolute atomic E-state index is 0.0973. The van der Waals surface area contributed by atoms with E-state index in [0.29, 0.717) is 25.2 Å². The van der Waals surface area contributed by atoms with Crippen LogP contribution < -0.4 is 4.74 Å². The molecule has 0 bridgehead atoms. The zero-order chi connectivity index (χ0) is 20.9. The average Bonchev–Trinajstić information content (AvgIpc) is 2.63. The molecule has 0 fully saturated rings. The second-order valence-electron chi connectivity index (χ2n) is 6.16. The van der Waals surface area contributed by atoms with Crippen LogP contribution in [0.2, 0.25) is 0 Å². The van der Waals surface area contributed by atoms with Gasteiger partial charge in [-0.05, 0) is 56.2 Å². The van der Waals surface area contributed by atoms with Gasteiger partial charge in [0.05, 0.1) is 6.61 Å². The van der Waals surface area contributed by atoms with Crippen molar-refractivity contribution >= 4 is 17.5 Å². The number of phenols is 1. The van der Waals surface area contributed by atoms with E-state index in [9.17, 15) is 14.4 Å². The van der Waals surface area contributed by atoms with Crippen molar-refractivity contribution in [2.45, 2.75) is 33.6 Å². The van der Waals surface area contributed by atoms with E-state index in [1.807, 2.05) is 12.1 Å². The molecule has 0 radical (unpaired) electrons. The zero-order valence-corrected chi connectivity index (χ0v) is 16.4. The van der Waals surface area contributed by atoms with Gasteiger partial charge in [-0.2, -0.15) is 0 Å². The maximum Gasteiger partial charge on any atom is 0.344 e. The monoisotopic (exact) mass is 386 g/mol. The van der Waals surface area contributed by atoms with Crippen LogP contribution in [0.25, 0.3) is 0 Å². The van der Waals surface area contributed by atoms with E-state index < -0.39 is 0 Å². The first-order valence-electron chi connectivity index (χ1n) is 8.94. The molecule has 28 heavy (non-hydrogen) atoms. The fourth-order valence-corrected chi connectivity index (χ4v) is 2.24. The summed E-state index contributed by atoms with van der Waals surface area (Å²) in [6, 6.07) is 13.7. The number of carbonyl (C=O) groups is 3. The summed E-state index contributed by atoms with van der Waals surface area (Å²) in [5, 5.41) is 8.91. The lowest BCUT2D eigenvalue weighted by Crippen LogP contribution is -2.14. The van der Waals surface area contributed by atoms with Crippen molar-refractivity contribution in [1.82, 2.24) is 0 Å². The number of benzene rings is 2. The van der Waals surface area contributed by atoms with Crippen LogP contribution in [0.4, 0.5) is 0 Å². The Labute approximate surface area is 165 Å². The molecule has 0 amide bonds. The first-order chi connectivity index (χ1) is 13.3. The lowest BCUT2D eigenvalue weighted by atomic mass is 10.1. The fourth-order valence-electron chi connectivity index (χ4n) is 2.24. The highest BCUT2D eigenvalue weighted by molar-refractivity contribution is 5.78. The van der Waals surface area contributed by atoms with Gasteiger partial charge >= 0.3 is 5.97 Å². The molecule has 0 aromatic heterocycles. The van der Waals surface area contributed by atoms with Gasteiger partial charge in [0.2, 0.25) is 0 Å². The van der Waals surface area contributed by atoms with E-state index in [4.69, 9.17) is 14.6 Å². The molecule has 0 saturated heterocycles. The summed E-state index contributed by atoms with van der Waals surface area (Å²) >= 11 is 0. The van der Waals surface area contributed by atoms with Crippen LogP contribution in [0.1, 0.15) is 31.9 Å². The Hall–Kier alpha value is -3.15. The second kappa shape index (κ2) is 12.3. The number of phenolic OH excluding ortho intramolecular Hbond substituents is 1. The number of Topliss-reactive ketones (excluding diaryl/α,β-unsaturated/α-hetero) is 2. The molecular formula is C22H26O6. The van der Waals surface area contributed by atoms with Crippen LogP contribution in [-0.4, -0.2) is 35.9 Å². The number of aromatic hydroxyl groups is 1. The summed E-state index contributed by atoms with van der Waals surface area (Å²) in [5.74, 6) is 0.684. The molecule has 0 aliphatic heterocycles. The Morgan fingerprint density at radius 2 is 1.29 bits per heavy atom. The molecule has 0 saturated carbocycles. The standard InChI is InChI=1S/C13H16O4.C9H10O2/c1-3-16-13(15)9-17-12-6-4-11(5-7-12)8-10(2)14;1-7(10)6-8-2-4-9(11)5-3-8/h4-7H,3,8-9H2,1-2H3;2-5,11H,6H2,1H3. The molecule has 0 aliphatic carbocycles. The minimum Gasteiger partial charge on any atom is -0.508 e. The van der Waals surface area contributed by atoms with Crippen molar-refractivity contribution in [3.05, 3.63) is 59.7 Å². The van der Waals surface area contributed by atoms with Crippen LogP contribution in [-0.2, 0) is 32.0 Å². The van der Waals surface area contributed by atoms with Crippen LogP contribution in [0.15, 0.2) is 48.5 Å². The first-order valence-corrected chi connectivity index (χ1v) is 8.94. The molecule has 6 heteroatoms. The molecule has 2 aromatic carbocycles. The largest absolute Gasteiger partial charge is 0.508 e. The topological polar surface area (TPSA) is 89.9 Å². The summed E-state index contributed by atoms with van der Waals surface area (Å²) < 4.78 is 9.95. The number of hydrogen-bond donors (Lipinski definition) is 1. The first kappa shape index (κ1) is 22.9. The third-order valence-corrected chi connectivity index (χ3v) is 3.43. The number of ketones is 2. The fraction of sp³-hybridized carbons (Fsp3) is 0.318. The summed E-state index contributed by atoms with van der Waals surface area (Å²) in [4.78, 5) is 32.6. The lowest BCUT2D eigenvalue weighted by molar-refractivity contribution is -0.145. The van der Waals surface area contributed by atoms with Gasteiger partial charge in [0.25, 0.3) is 0 Å². The Bertz CT molecular complexity index is 763. The number of carbonyl (C=O) groups excluding carboxylic acids is 3. The minimum atomic E-state index is -0.389. The maximum absolute atomic E-state index is 11.0. The van der Waals surface area contributed by atoms with Gasteiger partial charge in [0, 0.05) is 12.8 Å². The van der Waals surface area contributed by atoms with E-state index in [1.165, 1.54) is 0 Å². The second-order valence-corrected chi connectivity index (χ2v) is 6.16. The Morgan fingerprint density at radius 1 is 0.821 bits per heavy atom. The van der Waals surface area contributed by atoms with Crippen LogP contribution in [0.3, 0.4) is 0 Å². The van der Waals surface area contributed by atoms with Gasteiger partial charge in [-0.15, -0.1) is 0 Å². The predicted octanol–water partition coefficient (Wildman–Crippen LogP) is 3.28. The molecule has 0 aliphatic rings. The quantitative estimate of drug-likeness (QED) is 0.700. The summed E-state index contributed by atoms with van der Waals surface area (Å²) in [5.41, 5.74) is 1.87. The van der Waals surface area contributed by atoms with Gasteiger partial charge in [-0.3, -0.25) is 9.59 Å². The average molecular weight is 386 g/mol. The van der Waals surface area contributed by atoms with Gasteiger partial charge in [0.15, 0.2) is 6.61 Å². The van der Waals surface area contributed by atoms with E-state index in [1.54, 1.807) is 57.2 Å². The summed E-state index contributed by atoms with van der Waals surface area (Å²) in [7, 11) is 0. The normalized spacial score (nSPS) is 9.68. The van der Waals surface area contributed by atoms with Gasteiger partial charge < -0.3 is 14.6 Å². The number of hydrogen-bond acceptors (Lipinski definition) is 6. The third-order valence-electron chi connectivity index (χ3n) is 3.43. The molecule has 150 valence electrons. The van der Waals surface area contributed by atoms with Crippen LogP contribution >= 0.6 is 0 Å². The smallest absolute Gasteiger partial charge is 0.344 e. The highest BCUT2D eigenvalue weighted by Gasteiger charge is 2.03. The Morgan fingerprint density at radius 3 is 1.71 bits per heavy atom. The molecule has 0 unspecified atom stereocenters. The number of esters is 1. The Balaban J connectivity index is 0.000000307. The molecule has 0 atom stereocenters. The summed E-state index contributed by atoms with van der Waals surface area (Å²) in [6.45, 7) is 5.09. The molecule has 0 spiro atoms. The van der Waals surface area contributed by atoms with Gasteiger partial charge in [0.1, 0.15) is 23.1 Å². The SMILES string of the molecule is CC(=O)Cc1ccc(O)cc1.CCOC(=O)COc1ccc(CC(C)=O)cc1. The van der Waals surface area contributed by atoms with E-state index in [2.05, 4.69) is 0 Å².